The van der Waals surface area contributed by atoms with Crippen LogP contribution in [0, 0.1) is 0 Å². The number of likely N-dealkylation sites (N-methyl/N-ethyl adjacent to an activating group) is 2. The summed E-state index contributed by atoms with van der Waals surface area (Å²) in [5, 5.41) is 0. The maximum absolute atomic E-state index is 2.44. The quantitative estimate of drug-likeness (QED) is 0.691. The molecule has 1 aromatic carbocycles. The monoisotopic (exact) mass is 221 g/mol. The number of para-hydroxylation sites is 1. The van der Waals surface area contributed by atoms with Crippen molar-refractivity contribution in [2.45, 2.75) is 19.9 Å². The van der Waals surface area contributed by atoms with Gasteiger partial charge in [0.15, 0.2) is 0 Å². The molecule has 1 aromatic rings. The summed E-state index contributed by atoms with van der Waals surface area (Å²) in [6, 6.07) is 11.3. The maximum atomic E-state index is 2.44. The molecule has 0 spiro atoms. The summed E-state index contributed by atoms with van der Waals surface area (Å²) in [6.07, 6.45) is 0. The van der Waals surface area contributed by atoms with Gasteiger partial charge in [-0.05, 0) is 26.0 Å². The lowest BCUT2D eigenvalue weighted by Crippen LogP contribution is -2.49. The summed E-state index contributed by atoms with van der Waals surface area (Å²) in [5.74, 6) is 0. The topological polar surface area (TPSA) is 3.24 Å². The van der Waals surface area contributed by atoms with Crippen LogP contribution in [0.15, 0.2) is 30.3 Å². The summed E-state index contributed by atoms with van der Waals surface area (Å²) in [4.78, 5) is 2.44. The lowest BCUT2D eigenvalue weighted by atomic mass is 10.2. The lowest BCUT2D eigenvalue weighted by molar-refractivity contribution is -0.892. The molecule has 90 valence electrons. The number of hydrogen-bond donors (Lipinski definition) is 0. The Bertz CT molecular complexity index is 300. The molecule has 0 heterocycles. The van der Waals surface area contributed by atoms with Crippen molar-refractivity contribution >= 4 is 5.69 Å². The zero-order valence-corrected chi connectivity index (χ0v) is 11.3. The summed E-state index contributed by atoms with van der Waals surface area (Å²) >= 11 is 0. The summed E-state index contributed by atoms with van der Waals surface area (Å²) in [7, 11) is 6.76. The molecule has 1 unspecified atom stereocenters. The number of rotatable bonds is 5. The first kappa shape index (κ1) is 13.0. The highest BCUT2D eigenvalue weighted by Gasteiger charge is 2.20. The van der Waals surface area contributed by atoms with Crippen molar-refractivity contribution in [3.63, 3.8) is 0 Å². The minimum atomic E-state index is 0.625. The van der Waals surface area contributed by atoms with Gasteiger partial charge in [-0.2, -0.15) is 0 Å². The van der Waals surface area contributed by atoms with Crippen LogP contribution >= 0.6 is 0 Å². The summed E-state index contributed by atoms with van der Waals surface area (Å²) in [5.41, 5.74) is 1.32. The Morgan fingerprint density at radius 1 is 1.12 bits per heavy atom. The first-order valence-electron chi connectivity index (χ1n) is 6.06. The molecular weight excluding hydrogens is 196 g/mol. The molecule has 1 atom stereocenters. The number of benzene rings is 1. The molecular formula is C14H25N2+. The van der Waals surface area contributed by atoms with Gasteiger partial charge in [0.05, 0.1) is 27.7 Å². The van der Waals surface area contributed by atoms with Crippen LogP contribution in [-0.4, -0.2) is 44.8 Å². The maximum Gasteiger partial charge on any atom is 0.103 e. The molecule has 0 aliphatic carbocycles. The molecule has 0 N–H and O–H groups in total. The summed E-state index contributed by atoms with van der Waals surface area (Å²) < 4.78 is 1.00. The van der Waals surface area contributed by atoms with E-state index in [-0.39, 0.29) is 0 Å². The Balaban J connectivity index is 2.70. The third kappa shape index (κ3) is 3.53. The fourth-order valence-electron chi connectivity index (χ4n) is 1.62. The van der Waals surface area contributed by atoms with E-state index in [4.69, 9.17) is 0 Å². The Morgan fingerprint density at radius 3 is 2.12 bits per heavy atom. The first-order valence-corrected chi connectivity index (χ1v) is 6.06. The molecule has 1 rings (SSSR count). The van der Waals surface area contributed by atoms with Crippen LogP contribution in [0.4, 0.5) is 5.69 Å². The number of nitrogens with zero attached hydrogens (tertiary/aromatic N) is 2. The standard InChI is InChI=1S/C14H25N2/c1-6-15(12-13(2)16(3,4)5)14-10-8-7-9-11-14/h7-11,13H,6,12H2,1-5H3/q+1. The fraction of sp³-hybridized carbons (Fsp3) is 0.571. The molecule has 0 aromatic heterocycles. The predicted octanol–water partition coefficient (Wildman–Crippen LogP) is 2.61. The molecule has 0 aliphatic heterocycles. The molecule has 0 fully saturated rings. The minimum absolute atomic E-state index is 0.625. The third-order valence-electron chi connectivity index (χ3n) is 3.31. The molecule has 2 nitrogen and oxygen atoms in total. The number of hydrogen-bond acceptors (Lipinski definition) is 1. The van der Waals surface area contributed by atoms with Crippen LogP contribution in [-0.2, 0) is 0 Å². The zero-order valence-electron chi connectivity index (χ0n) is 11.3. The van der Waals surface area contributed by atoms with Gasteiger partial charge >= 0.3 is 0 Å². The van der Waals surface area contributed by atoms with E-state index in [1.807, 2.05) is 0 Å². The number of quaternary nitrogens is 1. The van der Waals surface area contributed by atoms with Crippen molar-refractivity contribution in [1.29, 1.82) is 0 Å². The van der Waals surface area contributed by atoms with Gasteiger partial charge in [-0.15, -0.1) is 0 Å². The molecule has 2 heteroatoms. The highest BCUT2D eigenvalue weighted by molar-refractivity contribution is 5.45. The van der Waals surface area contributed by atoms with E-state index < -0.39 is 0 Å². The Morgan fingerprint density at radius 2 is 1.69 bits per heavy atom. The molecule has 16 heavy (non-hydrogen) atoms. The SMILES string of the molecule is CCN(CC(C)[N+](C)(C)C)c1ccccc1. The van der Waals surface area contributed by atoms with E-state index in [1.54, 1.807) is 0 Å². The third-order valence-corrected chi connectivity index (χ3v) is 3.31. The fourth-order valence-corrected chi connectivity index (χ4v) is 1.62. The van der Waals surface area contributed by atoms with Gasteiger partial charge in [-0.3, -0.25) is 0 Å². The smallest absolute Gasteiger partial charge is 0.103 e. The van der Waals surface area contributed by atoms with Gasteiger partial charge in [0, 0.05) is 12.2 Å². The minimum Gasteiger partial charge on any atom is -0.366 e. The molecule has 0 bridgehead atoms. The van der Waals surface area contributed by atoms with Gasteiger partial charge < -0.3 is 9.38 Å². The molecule has 0 radical (unpaired) electrons. The van der Waals surface area contributed by atoms with E-state index in [1.165, 1.54) is 5.69 Å². The predicted molar refractivity (Wildman–Crippen MR) is 71.8 cm³/mol. The van der Waals surface area contributed by atoms with Crippen molar-refractivity contribution in [3.8, 4) is 0 Å². The highest BCUT2D eigenvalue weighted by atomic mass is 15.3. The van der Waals surface area contributed by atoms with Gasteiger partial charge in [0.2, 0.25) is 0 Å². The second-order valence-electron chi connectivity index (χ2n) is 5.34. The van der Waals surface area contributed by atoms with Gasteiger partial charge in [0.25, 0.3) is 0 Å². The van der Waals surface area contributed by atoms with E-state index in [9.17, 15) is 0 Å². The van der Waals surface area contributed by atoms with Gasteiger partial charge in [-0.1, -0.05) is 18.2 Å². The van der Waals surface area contributed by atoms with E-state index in [0.29, 0.717) is 6.04 Å². The second-order valence-corrected chi connectivity index (χ2v) is 5.34. The Kier molecular flexibility index (Phi) is 4.36. The lowest BCUT2D eigenvalue weighted by Gasteiger charge is -2.36. The molecule has 0 amide bonds. The average molecular weight is 221 g/mol. The van der Waals surface area contributed by atoms with Crippen molar-refractivity contribution < 1.29 is 4.48 Å². The first-order chi connectivity index (χ1) is 7.45. The van der Waals surface area contributed by atoms with Crippen LogP contribution in [0.2, 0.25) is 0 Å². The number of anilines is 1. The summed E-state index contributed by atoms with van der Waals surface area (Å²) in [6.45, 7) is 6.69. The van der Waals surface area contributed by atoms with E-state index in [2.05, 4.69) is 70.2 Å². The van der Waals surface area contributed by atoms with Crippen LogP contribution in [0.1, 0.15) is 13.8 Å². The van der Waals surface area contributed by atoms with E-state index in [0.717, 1.165) is 17.6 Å². The van der Waals surface area contributed by atoms with Gasteiger partial charge in [-0.25, -0.2) is 0 Å². The van der Waals surface area contributed by atoms with E-state index >= 15 is 0 Å². The molecule has 0 saturated carbocycles. The highest BCUT2D eigenvalue weighted by Crippen LogP contribution is 2.15. The molecule has 0 saturated heterocycles. The Labute approximate surface area is 100 Å². The normalized spacial score (nSPS) is 13.6. The van der Waals surface area contributed by atoms with Crippen LogP contribution in [0.25, 0.3) is 0 Å². The average Bonchev–Trinajstić information content (AvgIpc) is 2.25. The van der Waals surface area contributed by atoms with Gasteiger partial charge in [0.1, 0.15) is 6.04 Å². The van der Waals surface area contributed by atoms with Crippen LogP contribution < -0.4 is 4.90 Å². The van der Waals surface area contributed by atoms with Crippen molar-refractivity contribution in [2.75, 3.05) is 39.1 Å². The second kappa shape index (κ2) is 5.35. The largest absolute Gasteiger partial charge is 0.366 e. The van der Waals surface area contributed by atoms with Crippen molar-refractivity contribution in [1.82, 2.24) is 0 Å². The van der Waals surface area contributed by atoms with Crippen molar-refractivity contribution in [2.24, 2.45) is 0 Å². The Hall–Kier alpha value is -1.02. The van der Waals surface area contributed by atoms with Crippen LogP contribution in [0.3, 0.4) is 0 Å². The van der Waals surface area contributed by atoms with Crippen molar-refractivity contribution in [3.05, 3.63) is 30.3 Å². The zero-order chi connectivity index (χ0) is 12.2. The van der Waals surface area contributed by atoms with Crippen LogP contribution in [0.5, 0.6) is 0 Å². The molecule has 0 aliphatic rings.